The zero-order chi connectivity index (χ0) is 16.7. The van der Waals surface area contributed by atoms with Gasteiger partial charge in [-0.1, -0.05) is 36.4 Å². The Morgan fingerprint density at radius 1 is 1.17 bits per heavy atom. The number of amides is 2. The molecule has 1 aromatic heterocycles. The molecule has 0 saturated carbocycles. The van der Waals surface area contributed by atoms with Gasteiger partial charge in [-0.2, -0.15) is 0 Å². The van der Waals surface area contributed by atoms with Crippen LogP contribution in [-0.4, -0.2) is 18.4 Å². The Labute approximate surface area is 142 Å². The van der Waals surface area contributed by atoms with Gasteiger partial charge in [-0.3, -0.25) is 9.59 Å². The molecule has 0 aliphatic carbocycles. The number of benzene rings is 1. The van der Waals surface area contributed by atoms with Gasteiger partial charge in [0.15, 0.2) is 10.4 Å². The van der Waals surface area contributed by atoms with E-state index in [1.165, 1.54) is 6.07 Å². The van der Waals surface area contributed by atoms with Crippen molar-refractivity contribution in [2.24, 2.45) is 0 Å². The van der Waals surface area contributed by atoms with E-state index in [4.69, 9.17) is 4.42 Å². The van der Waals surface area contributed by atoms with Crippen LogP contribution in [0.25, 0.3) is 6.08 Å². The van der Waals surface area contributed by atoms with Crippen LogP contribution >= 0.6 is 15.9 Å². The number of hydrogen-bond acceptors (Lipinski definition) is 3. The van der Waals surface area contributed by atoms with Crippen molar-refractivity contribution in [1.82, 2.24) is 10.6 Å². The number of rotatable bonds is 6. The lowest BCUT2D eigenvalue weighted by molar-refractivity contribution is -0.117. The van der Waals surface area contributed by atoms with E-state index in [0.717, 1.165) is 5.56 Å². The minimum atomic E-state index is -0.508. The van der Waals surface area contributed by atoms with Crippen LogP contribution in [0, 0.1) is 0 Å². The standard InChI is InChI=1S/C17H15BrN2O3/c1-2-10-19-16(21)13(11-12-6-4-3-5-7-12)20-17(22)14-8-9-15(18)23-14/h2-9,11H,1,10H2,(H,19,21)(H,20,22)/b13-11+. The van der Waals surface area contributed by atoms with Crippen LogP contribution in [0.1, 0.15) is 16.1 Å². The van der Waals surface area contributed by atoms with Crippen LogP contribution in [0.3, 0.4) is 0 Å². The Bertz CT molecular complexity index is 735. The van der Waals surface area contributed by atoms with Crippen LogP contribution in [0.2, 0.25) is 0 Å². The highest BCUT2D eigenvalue weighted by Gasteiger charge is 2.16. The maximum absolute atomic E-state index is 12.2. The molecule has 0 atom stereocenters. The van der Waals surface area contributed by atoms with Crippen LogP contribution in [0.5, 0.6) is 0 Å². The van der Waals surface area contributed by atoms with Crippen molar-refractivity contribution in [3.63, 3.8) is 0 Å². The third-order valence-corrected chi connectivity index (χ3v) is 3.23. The Kier molecular flexibility index (Phi) is 5.94. The van der Waals surface area contributed by atoms with E-state index in [1.54, 1.807) is 18.2 Å². The van der Waals surface area contributed by atoms with Crippen LogP contribution < -0.4 is 10.6 Å². The lowest BCUT2D eigenvalue weighted by atomic mass is 10.2. The first-order valence-electron chi connectivity index (χ1n) is 6.82. The fourth-order valence-electron chi connectivity index (χ4n) is 1.75. The zero-order valence-corrected chi connectivity index (χ0v) is 13.8. The summed E-state index contributed by atoms with van der Waals surface area (Å²) in [5.41, 5.74) is 0.910. The smallest absolute Gasteiger partial charge is 0.291 e. The van der Waals surface area contributed by atoms with Gasteiger partial charge in [0.25, 0.3) is 11.8 Å². The molecule has 2 amide bonds. The van der Waals surface area contributed by atoms with Gasteiger partial charge < -0.3 is 15.1 Å². The SMILES string of the molecule is C=CCNC(=O)/C(=C\c1ccccc1)NC(=O)c1ccc(Br)o1. The molecule has 0 aliphatic rings. The predicted molar refractivity (Wildman–Crippen MR) is 91.5 cm³/mol. The summed E-state index contributed by atoms with van der Waals surface area (Å²) in [5, 5.41) is 5.20. The second-order valence-electron chi connectivity index (χ2n) is 4.53. The van der Waals surface area contributed by atoms with E-state index in [2.05, 4.69) is 33.1 Å². The Morgan fingerprint density at radius 2 is 1.91 bits per heavy atom. The summed E-state index contributed by atoms with van der Waals surface area (Å²) in [4.78, 5) is 24.4. The third-order valence-electron chi connectivity index (χ3n) is 2.81. The van der Waals surface area contributed by atoms with Gasteiger partial charge in [0.05, 0.1) is 0 Å². The molecule has 23 heavy (non-hydrogen) atoms. The first kappa shape index (κ1) is 16.8. The number of nitrogens with one attached hydrogen (secondary N) is 2. The number of carbonyl (C=O) groups excluding carboxylic acids is 2. The normalized spacial score (nSPS) is 10.9. The molecule has 2 aromatic rings. The number of carbonyl (C=O) groups is 2. The quantitative estimate of drug-likeness (QED) is 0.602. The molecule has 0 spiro atoms. The molecule has 0 fully saturated rings. The average Bonchev–Trinajstić information content (AvgIpc) is 2.99. The maximum Gasteiger partial charge on any atom is 0.291 e. The second-order valence-corrected chi connectivity index (χ2v) is 5.31. The van der Waals surface area contributed by atoms with Gasteiger partial charge in [0, 0.05) is 6.54 Å². The molecule has 118 valence electrons. The molecular weight excluding hydrogens is 360 g/mol. The second kappa shape index (κ2) is 8.14. The number of halogens is 1. The van der Waals surface area contributed by atoms with E-state index in [-0.39, 0.29) is 11.5 Å². The first-order chi connectivity index (χ1) is 11.1. The minimum absolute atomic E-state index is 0.104. The molecule has 0 aliphatic heterocycles. The van der Waals surface area contributed by atoms with Gasteiger partial charge in [0.1, 0.15) is 5.70 Å². The molecule has 2 rings (SSSR count). The summed E-state index contributed by atoms with van der Waals surface area (Å²) >= 11 is 3.13. The van der Waals surface area contributed by atoms with Crippen molar-refractivity contribution in [3.8, 4) is 0 Å². The van der Waals surface area contributed by atoms with E-state index in [1.807, 2.05) is 30.3 Å². The van der Waals surface area contributed by atoms with Crippen molar-refractivity contribution in [3.05, 3.63) is 76.8 Å². The van der Waals surface area contributed by atoms with Gasteiger partial charge in [-0.25, -0.2) is 0 Å². The maximum atomic E-state index is 12.2. The predicted octanol–water partition coefficient (Wildman–Crippen LogP) is 3.12. The lowest BCUT2D eigenvalue weighted by Gasteiger charge is -2.09. The summed E-state index contributed by atoms with van der Waals surface area (Å²) in [6.07, 6.45) is 3.15. The summed E-state index contributed by atoms with van der Waals surface area (Å²) in [7, 11) is 0. The molecule has 1 heterocycles. The fourth-order valence-corrected chi connectivity index (χ4v) is 2.06. The Hall–Kier alpha value is -2.60. The van der Waals surface area contributed by atoms with Crippen molar-refractivity contribution < 1.29 is 14.0 Å². The summed E-state index contributed by atoms with van der Waals surface area (Å²) in [5.74, 6) is -0.813. The van der Waals surface area contributed by atoms with Gasteiger partial charge in [-0.15, -0.1) is 6.58 Å². The van der Waals surface area contributed by atoms with Crippen LogP contribution in [-0.2, 0) is 4.79 Å². The molecule has 0 radical (unpaired) electrons. The highest BCUT2D eigenvalue weighted by Crippen LogP contribution is 2.14. The molecule has 0 bridgehead atoms. The van der Waals surface area contributed by atoms with Crippen molar-refractivity contribution in [1.29, 1.82) is 0 Å². The van der Waals surface area contributed by atoms with E-state index in [9.17, 15) is 9.59 Å². The van der Waals surface area contributed by atoms with E-state index in [0.29, 0.717) is 11.2 Å². The van der Waals surface area contributed by atoms with Crippen molar-refractivity contribution >= 4 is 33.8 Å². The topological polar surface area (TPSA) is 71.3 Å². The highest BCUT2D eigenvalue weighted by molar-refractivity contribution is 9.10. The van der Waals surface area contributed by atoms with Crippen molar-refractivity contribution in [2.45, 2.75) is 0 Å². The van der Waals surface area contributed by atoms with Gasteiger partial charge in [0.2, 0.25) is 0 Å². The fraction of sp³-hybridized carbons (Fsp3) is 0.0588. The molecule has 6 heteroatoms. The average molecular weight is 375 g/mol. The molecule has 5 nitrogen and oxygen atoms in total. The largest absolute Gasteiger partial charge is 0.444 e. The summed E-state index contributed by atoms with van der Waals surface area (Å²) < 4.78 is 5.62. The Morgan fingerprint density at radius 3 is 2.52 bits per heavy atom. The minimum Gasteiger partial charge on any atom is -0.444 e. The van der Waals surface area contributed by atoms with Crippen LogP contribution in [0.15, 0.2) is 69.9 Å². The van der Waals surface area contributed by atoms with Crippen LogP contribution in [0.4, 0.5) is 0 Å². The summed E-state index contributed by atoms with van der Waals surface area (Å²) in [6, 6.07) is 12.3. The zero-order valence-electron chi connectivity index (χ0n) is 12.2. The van der Waals surface area contributed by atoms with E-state index < -0.39 is 11.8 Å². The first-order valence-corrected chi connectivity index (χ1v) is 7.62. The third kappa shape index (κ3) is 4.96. The monoisotopic (exact) mass is 374 g/mol. The van der Waals surface area contributed by atoms with Gasteiger partial charge in [-0.05, 0) is 39.7 Å². The Balaban J connectivity index is 2.22. The molecule has 2 N–H and O–H groups in total. The molecule has 0 saturated heterocycles. The van der Waals surface area contributed by atoms with Gasteiger partial charge >= 0.3 is 0 Å². The van der Waals surface area contributed by atoms with Crippen molar-refractivity contribution in [2.75, 3.05) is 6.54 Å². The van der Waals surface area contributed by atoms with E-state index >= 15 is 0 Å². The molecule has 1 aromatic carbocycles. The number of hydrogen-bond donors (Lipinski definition) is 2. The molecule has 0 unspecified atom stereocenters. The lowest BCUT2D eigenvalue weighted by Crippen LogP contribution is -2.34. The molecular formula is C17H15BrN2O3. The highest BCUT2D eigenvalue weighted by atomic mass is 79.9. The number of furan rings is 1. The summed E-state index contributed by atoms with van der Waals surface area (Å²) in [6.45, 7) is 3.84.